The van der Waals surface area contributed by atoms with Crippen LogP contribution in [0.5, 0.6) is 11.5 Å². The van der Waals surface area contributed by atoms with Gasteiger partial charge in [0.25, 0.3) is 0 Å². The van der Waals surface area contributed by atoms with Crippen molar-refractivity contribution in [2.45, 2.75) is 43.6 Å². The second-order valence-corrected chi connectivity index (χ2v) is 7.69. The predicted octanol–water partition coefficient (Wildman–Crippen LogP) is 3.03. The molecule has 4 heteroatoms. The van der Waals surface area contributed by atoms with E-state index in [-0.39, 0.29) is 11.3 Å². The first-order chi connectivity index (χ1) is 11.6. The normalized spacial score (nSPS) is 35.6. The first kappa shape index (κ1) is 15.9. The zero-order valence-electron chi connectivity index (χ0n) is 14.9. The lowest BCUT2D eigenvalue weighted by Crippen LogP contribution is -2.55. The van der Waals surface area contributed by atoms with E-state index in [4.69, 9.17) is 9.47 Å². The zero-order chi connectivity index (χ0) is 16.9. The van der Waals surface area contributed by atoms with Crippen molar-refractivity contribution >= 4 is 5.78 Å². The fraction of sp³-hybridized carbons (Fsp3) is 0.650. The van der Waals surface area contributed by atoms with Crippen LogP contribution in [0, 0.1) is 11.8 Å². The summed E-state index contributed by atoms with van der Waals surface area (Å²) < 4.78 is 11.0. The Labute approximate surface area is 144 Å². The Morgan fingerprint density at radius 2 is 1.96 bits per heavy atom. The first-order valence-electron chi connectivity index (χ1n) is 9.07. The summed E-state index contributed by atoms with van der Waals surface area (Å²) in [5.74, 6) is 2.72. The van der Waals surface area contributed by atoms with Crippen LogP contribution < -0.4 is 9.47 Å². The minimum Gasteiger partial charge on any atom is -0.493 e. The quantitative estimate of drug-likeness (QED) is 0.854. The predicted molar refractivity (Wildman–Crippen MR) is 92.7 cm³/mol. The molecule has 0 aromatic heterocycles. The number of rotatable bonds is 3. The summed E-state index contributed by atoms with van der Waals surface area (Å²) in [6.45, 7) is 1.07. The molecule has 5 rings (SSSR count). The van der Waals surface area contributed by atoms with Gasteiger partial charge >= 0.3 is 0 Å². The van der Waals surface area contributed by atoms with Gasteiger partial charge in [0.05, 0.1) is 14.2 Å². The van der Waals surface area contributed by atoms with E-state index < -0.39 is 0 Å². The third kappa shape index (κ3) is 2.05. The number of nitrogens with zero attached hydrogens (tertiary/aromatic N) is 1. The Morgan fingerprint density at radius 3 is 2.71 bits per heavy atom. The van der Waals surface area contributed by atoms with Crippen LogP contribution in [0.2, 0.25) is 0 Å². The molecule has 0 amide bonds. The molecule has 3 aliphatic carbocycles. The Hall–Kier alpha value is -1.55. The lowest BCUT2D eigenvalue weighted by Gasteiger charge is -2.48. The summed E-state index contributed by atoms with van der Waals surface area (Å²) in [5.41, 5.74) is 1.42. The Kier molecular flexibility index (Phi) is 3.83. The van der Waals surface area contributed by atoms with Crippen LogP contribution in [0.4, 0.5) is 0 Å². The number of hydrogen-bond donors (Lipinski definition) is 0. The van der Waals surface area contributed by atoms with Crippen molar-refractivity contribution in [3.63, 3.8) is 0 Å². The number of fused-ring (bicyclic) bond motifs is 3. The maximum absolute atomic E-state index is 12.7. The minimum atomic E-state index is 0.0867. The largest absolute Gasteiger partial charge is 0.493 e. The summed E-state index contributed by atoms with van der Waals surface area (Å²) in [5, 5.41) is 0. The van der Waals surface area contributed by atoms with Crippen LogP contribution in [0.3, 0.4) is 0 Å². The summed E-state index contributed by atoms with van der Waals surface area (Å²) in [6.07, 6.45) is 5.29. The number of carbonyl (C=O) groups excluding carboxylic acids is 1. The lowest BCUT2D eigenvalue weighted by molar-refractivity contribution is -0.130. The van der Waals surface area contributed by atoms with Gasteiger partial charge in [-0.05, 0) is 56.5 Å². The molecule has 1 heterocycles. The van der Waals surface area contributed by atoms with Gasteiger partial charge < -0.3 is 14.4 Å². The lowest BCUT2D eigenvalue weighted by atomic mass is 9.57. The monoisotopic (exact) mass is 329 g/mol. The molecule has 1 aromatic rings. The standard InChI is InChI=1S/C20H27NO3/c1-21-10-9-20(14-7-8-17(23-2)18(12-14)24-3)13-5-4-6-15(19(20)21)16(22)11-13/h7-8,12-13,15,19H,4-6,9-11H2,1-3H3/t13?,15-,19+,20-/m0/s1. The van der Waals surface area contributed by atoms with Crippen molar-refractivity contribution in [3.8, 4) is 11.5 Å². The summed E-state index contributed by atoms with van der Waals surface area (Å²) in [6, 6.07) is 6.73. The van der Waals surface area contributed by atoms with Crippen molar-refractivity contribution in [2.24, 2.45) is 11.8 Å². The average molecular weight is 329 g/mol. The van der Waals surface area contributed by atoms with Crippen LogP contribution in [0.15, 0.2) is 18.2 Å². The number of carbonyl (C=O) groups is 1. The van der Waals surface area contributed by atoms with Gasteiger partial charge in [-0.1, -0.05) is 12.5 Å². The molecule has 1 saturated heterocycles. The second-order valence-electron chi connectivity index (χ2n) is 7.69. The van der Waals surface area contributed by atoms with Crippen molar-refractivity contribution in [1.29, 1.82) is 0 Å². The van der Waals surface area contributed by atoms with Crippen molar-refractivity contribution < 1.29 is 14.3 Å². The number of ketones is 1. The van der Waals surface area contributed by atoms with Crippen LogP contribution >= 0.6 is 0 Å². The number of ether oxygens (including phenoxy) is 2. The van der Waals surface area contributed by atoms with Gasteiger partial charge in [0.2, 0.25) is 0 Å². The molecule has 1 aromatic carbocycles. The zero-order valence-corrected chi connectivity index (χ0v) is 14.9. The molecule has 4 aliphatic rings. The van der Waals surface area contributed by atoms with Gasteiger partial charge in [0.1, 0.15) is 5.78 Å². The summed E-state index contributed by atoms with van der Waals surface area (Å²) in [7, 11) is 5.57. The van der Waals surface area contributed by atoms with Crippen LogP contribution in [0.25, 0.3) is 0 Å². The highest BCUT2D eigenvalue weighted by molar-refractivity contribution is 5.84. The average Bonchev–Trinajstić information content (AvgIpc) is 2.75. The minimum absolute atomic E-state index is 0.0867. The van der Waals surface area contributed by atoms with E-state index in [1.54, 1.807) is 14.2 Å². The topological polar surface area (TPSA) is 38.8 Å². The second kappa shape index (κ2) is 5.76. The van der Waals surface area contributed by atoms with E-state index in [0.29, 0.717) is 17.7 Å². The molecular weight excluding hydrogens is 302 g/mol. The van der Waals surface area contributed by atoms with E-state index in [0.717, 1.165) is 37.3 Å². The number of Topliss-reactive ketones (excluding diaryl/α,β-unsaturated/α-hetero) is 1. The Bertz CT molecular complexity index is 658. The molecular formula is C20H27NO3. The Morgan fingerprint density at radius 1 is 1.17 bits per heavy atom. The highest BCUT2D eigenvalue weighted by Crippen LogP contribution is 2.57. The van der Waals surface area contributed by atoms with Crippen LogP contribution in [-0.4, -0.2) is 44.5 Å². The molecule has 130 valence electrons. The smallest absolute Gasteiger partial charge is 0.161 e. The maximum atomic E-state index is 12.7. The van der Waals surface area contributed by atoms with Crippen molar-refractivity contribution in [3.05, 3.63) is 23.8 Å². The highest BCUT2D eigenvalue weighted by atomic mass is 16.5. The van der Waals surface area contributed by atoms with Gasteiger partial charge in [-0.25, -0.2) is 0 Å². The fourth-order valence-electron chi connectivity index (χ4n) is 5.85. The first-order valence-corrected chi connectivity index (χ1v) is 9.07. The molecule has 24 heavy (non-hydrogen) atoms. The number of methoxy groups -OCH3 is 2. The fourth-order valence-corrected chi connectivity index (χ4v) is 5.85. The van der Waals surface area contributed by atoms with Crippen molar-refractivity contribution in [2.75, 3.05) is 27.8 Å². The maximum Gasteiger partial charge on any atom is 0.161 e. The van der Waals surface area contributed by atoms with E-state index >= 15 is 0 Å². The molecule has 0 N–H and O–H groups in total. The van der Waals surface area contributed by atoms with Crippen LogP contribution in [-0.2, 0) is 10.2 Å². The SMILES string of the molecule is COc1ccc([C@@]23CCN(C)[C@@H]2[C@H]2CCCC3CC2=O)cc1OC. The third-order valence-corrected chi connectivity index (χ3v) is 6.84. The molecule has 4 nitrogen and oxygen atoms in total. The molecule has 2 bridgehead atoms. The molecule has 4 atom stereocenters. The Balaban J connectivity index is 1.86. The molecule has 3 saturated carbocycles. The summed E-state index contributed by atoms with van der Waals surface area (Å²) in [4.78, 5) is 15.1. The number of hydrogen-bond acceptors (Lipinski definition) is 4. The van der Waals surface area contributed by atoms with E-state index in [1.807, 2.05) is 6.07 Å². The van der Waals surface area contributed by atoms with Crippen LogP contribution in [0.1, 0.15) is 37.7 Å². The van der Waals surface area contributed by atoms with Crippen molar-refractivity contribution in [1.82, 2.24) is 4.90 Å². The highest BCUT2D eigenvalue weighted by Gasteiger charge is 2.60. The van der Waals surface area contributed by atoms with Gasteiger partial charge in [-0.2, -0.15) is 0 Å². The molecule has 0 radical (unpaired) electrons. The van der Waals surface area contributed by atoms with Gasteiger partial charge in [-0.15, -0.1) is 0 Å². The summed E-state index contributed by atoms with van der Waals surface area (Å²) >= 11 is 0. The number of likely N-dealkylation sites (N-methyl/N-ethyl adjacent to an activating group) is 1. The number of benzene rings is 1. The molecule has 4 fully saturated rings. The van der Waals surface area contributed by atoms with E-state index in [9.17, 15) is 4.79 Å². The third-order valence-electron chi connectivity index (χ3n) is 6.84. The number of likely N-dealkylation sites (tertiary alicyclic amines) is 1. The van der Waals surface area contributed by atoms with E-state index in [1.165, 1.54) is 18.4 Å². The molecule has 1 unspecified atom stereocenters. The van der Waals surface area contributed by atoms with Gasteiger partial charge in [0, 0.05) is 23.8 Å². The molecule has 0 spiro atoms. The van der Waals surface area contributed by atoms with Gasteiger partial charge in [-0.3, -0.25) is 4.79 Å². The van der Waals surface area contributed by atoms with E-state index in [2.05, 4.69) is 24.1 Å². The van der Waals surface area contributed by atoms with Gasteiger partial charge in [0.15, 0.2) is 11.5 Å². The molecule has 1 aliphatic heterocycles.